The van der Waals surface area contributed by atoms with E-state index in [9.17, 15) is 0 Å². The van der Waals surface area contributed by atoms with Crippen LogP contribution >= 0.6 is 0 Å². The number of unbranched alkanes of at least 4 members (excludes halogenated alkanes) is 8. The second kappa shape index (κ2) is 17.3. The third-order valence-corrected chi connectivity index (χ3v) is 5.35. The summed E-state index contributed by atoms with van der Waals surface area (Å²) in [5, 5.41) is 0. The number of hydrogen-bond donors (Lipinski definition) is 0. The molecular weight excluding hydrogens is 384 g/mol. The normalized spacial score (nSPS) is 24.4. The Morgan fingerprint density at radius 3 is 1.30 bits per heavy atom. The van der Waals surface area contributed by atoms with Gasteiger partial charge in [0.1, 0.15) is 26.4 Å². The van der Waals surface area contributed by atoms with Crippen LogP contribution in [-0.4, -0.2) is 64.4 Å². The van der Waals surface area contributed by atoms with Crippen LogP contribution in [0.4, 0.5) is 0 Å². The van der Waals surface area contributed by atoms with Gasteiger partial charge in [0.05, 0.1) is 0 Å². The highest BCUT2D eigenvalue weighted by molar-refractivity contribution is 4.82. The van der Waals surface area contributed by atoms with Crippen LogP contribution in [0.15, 0.2) is 0 Å². The van der Waals surface area contributed by atoms with Crippen molar-refractivity contribution in [2.45, 2.75) is 103 Å². The maximum atomic E-state index is 6.15. The molecule has 1 rings (SSSR count). The third-order valence-electron chi connectivity index (χ3n) is 5.35. The van der Waals surface area contributed by atoms with Crippen molar-refractivity contribution in [3.8, 4) is 0 Å². The second-order valence-electron chi connectivity index (χ2n) is 8.20. The van der Waals surface area contributed by atoms with Crippen molar-refractivity contribution in [2.75, 3.05) is 52.9 Å². The van der Waals surface area contributed by atoms with Gasteiger partial charge in [-0.1, -0.05) is 65.2 Å². The van der Waals surface area contributed by atoms with Gasteiger partial charge in [-0.2, -0.15) is 0 Å². The fourth-order valence-electron chi connectivity index (χ4n) is 3.58. The quantitative estimate of drug-likeness (QED) is 0.238. The van der Waals surface area contributed by atoms with Crippen molar-refractivity contribution in [1.29, 1.82) is 0 Å². The van der Waals surface area contributed by atoms with E-state index in [4.69, 9.17) is 28.4 Å². The Bertz CT molecular complexity index is 346. The van der Waals surface area contributed by atoms with Gasteiger partial charge in [0.2, 0.25) is 11.6 Å². The highest BCUT2D eigenvalue weighted by atomic mass is 16.8. The molecule has 1 aliphatic rings. The molecule has 0 bridgehead atoms. The molecule has 2 atom stereocenters. The highest BCUT2D eigenvalue weighted by Crippen LogP contribution is 2.29. The van der Waals surface area contributed by atoms with Gasteiger partial charge in [-0.05, 0) is 26.7 Å². The largest absolute Gasteiger partial charge is 0.376 e. The predicted octanol–water partition coefficient (Wildman–Crippen LogP) is 5.47. The minimum atomic E-state index is -0.862. The van der Waals surface area contributed by atoms with E-state index in [0.717, 1.165) is 26.1 Å². The maximum Gasteiger partial charge on any atom is 0.216 e. The molecule has 0 amide bonds. The van der Waals surface area contributed by atoms with Crippen LogP contribution in [0.1, 0.15) is 91.9 Å². The Kier molecular flexibility index (Phi) is 16.1. The zero-order valence-corrected chi connectivity index (χ0v) is 20.2. The first-order valence-corrected chi connectivity index (χ1v) is 12.4. The summed E-state index contributed by atoms with van der Waals surface area (Å²) >= 11 is 0. The number of ether oxygens (including phenoxy) is 6. The first kappa shape index (κ1) is 27.8. The van der Waals surface area contributed by atoms with Crippen molar-refractivity contribution >= 4 is 0 Å². The lowest BCUT2D eigenvalue weighted by Crippen LogP contribution is -2.59. The number of rotatable bonds is 20. The summed E-state index contributed by atoms with van der Waals surface area (Å²) in [6.45, 7) is 12.2. The molecule has 30 heavy (non-hydrogen) atoms. The Balaban J connectivity index is 2.38. The summed E-state index contributed by atoms with van der Waals surface area (Å²) in [5.41, 5.74) is 0. The van der Waals surface area contributed by atoms with Crippen LogP contribution in [0.25, 0.3) is 0 Å². The third kappa shape index (κ3) is 11.4. The summed E-state index contributed by atoms with van der Waals surface area (Å²) in [6, 6.07) is 0. The molecule has 0 aromatic heterocycles. The van der Waals surface area contributed by atoms with Gasteiger partial charge in [-0.3, -0.25) is 0 Å². The van der Waals surface area contributed by atoms with Crippen LogP contribution in [0, 0.1) is 0 Å². The van der Waals surface area contributed by atoms with E-state index in [1.807, 2.05) is 13.8 Å². The monoisotopic (exact) mass is 432 g/mol. The molecule has 0 aromatic rings. The Hall–Kier alpha value is -0.240. The summed E-state index contributed by atoms with van der Waals surface area (Å²) in [6.07, 6.45) is 12.2. The predicted molar refractivity (Wildman–Crippen MR) is 120 cm³/mol. The smallest absolute Gasteiger partial charge is 0.216 e. The molecule has 0 N–H and O–H groups in total. The van der Waals surface area contributed by atoms with E-state index in [1.165, 1.54) is 51.4 Å². The lowest BCUT2D eigenvalue weighted by atomic mass is 10.2. The zero-order valence-electron chi connectivity index (χ0n) is 20.2. The molecule has 180 valence electrons. The first-order chi connectivity index (χ1) is 14.7. The van der Waals surface area contributed by atoms with Crippen molar-refractivity contribution in [3.05, 3.63) is 0 Å². The van der Waals surface area contributed by atoms with Crippen LogP contribution in [0.5, 0.6) is 0 Å². The van der Waals surface area contributed by atoms with Crippen LogP contribution < -0.4 is 0 Å². The lowest BCUT2D eigenvalue weighted by Gasteiger charge is -2.45. The summed E-state index contributed by atoms with van der Waals surface area (Å²) in [4.78, 5) is 0. The SMILES string of the molecule is CCCCCCCOCC1(OCC)COC(COCCCCCCC)(OCC)CO1. The van der Waals surface area contributed by atoms with Gasteiger partial charge >= 0.3 is 0 Å². The first-order valence-electron chi connectivity index (χ1n) is 12.4. The van der Waals surface area contributed by atoms with Crippen molar-refractivity contribution < 1.29 is 28.4 Å². The Morgan fingerprint density at radius 2 is 0.967 bits per heavy atom. The van der Waals surface area contributed by atoms with Crippen LogP contribution in [0.2, 0.25) is 0 Å². The molecule has 0 saturated carbocycles. The van der Waals surface area contributed by atoms with E-state index >= 15 is 0 Å². The van der Waals surface area contributed by atoms with Crippen LogP contribution in [0.3, 0.4) is 0 Å². The Morgan fingerprint density at radius 1 is 0.567 bits per heavy atom. The van der Waals surface area contributed by atoms with E-state index in [0.29, 0.717) is 26.4 Å². The fraction of sp³-hybridized carbons (Fsp3) is 1.00. The molecular formula is C24H48O6. The maximum absolute atomic E-state index is 6.15. The fourth-order valence-corrected chi connectivity index (χ4v) is 3.58. The summed E-state index contributed by atoms with van der Waals surface area (Å²) in [5.74, 6) is -1.72. The van der Waals surface area contributed by atoms with Gasteiger partial charge in [0.15, 0.2) is 0 Å². The molecule has 2 unspecified atom stereocenters. The molecule has 0 aromatic carbocycles. The van der Waals surface area contributed by atoms with Crippen molar-refractivity contribution in [1.82, 2.24) is 0 Å². The average molecular weight is 433 g/mol. The van der Waals surface area contributed by atoms with Gasteiger partial charge in [-0.25, -0.2) is 0 Å². The molecule has 6 nitrogen and oxygen atoms in total. The van der Waals surface area contributed by atoms with E-state index in [-0.39, 0.29) is 13.2 Å². The number of hydrogen-bond acceptors (Lipinski definition) is 6. The van der Waals surface area contributed by atoms with Gasteiger partial charge in [0.25, 0.3) is 0 Å². The molecule has 1 saturated heterocycles. The summed E-state index contributed by atoms with van der Waals surface area (Å²) < 4.78 is 35.9. The van der Waals surface area contributed by atoms with E-state index in [1.54, 1.807) is 0 Å². The van der Waals surface area contributed by atoms with Gasteiger partial charge in [0, 0.05) is 26.4 Å². The molecule has 0 aliphatic carbocycles. The molecule has 1 fully saturated rings. The molecule has 6 heteroatoms. The summed E-state index contributed by atoms with van der Waals surface area (Å²) in [7, 11) is 0. The van der Waals surface area contributed by atoms with Crippen molar-refractivity contribution in [2.24, 2.45) is 0 Å². The minimum Gasteiger partial charge on any atom is -0.376 e. The van der Waals surface area contributed by atoms with E-state index < -0.39 is 11.6 Å². The topological polar surface area (TPSA) is 55.4 Å². The lowest BCUT2D eigenvalue weighted by molar-refractivity contribution is -0.399. The van der Waals surface area contributed by atoms with E-state index in [2.05, 4.69) is 13.8 Å². The van der Waals surface area contributed by atoms with Gasteiger partial charge < -0.3 is 28.4 Å². The van der Waals surface area contributed by atoms with Crippen LogP contribution in [-0.2, 0) is 28.4 Å². The second-order valence-corrected chi connectivity index (χ2v) is 8.20. The standard InChI is InChI=1S/C24H48O6/c1-5-9-11-13-15-17-25-19-23(27-7-3)21-30-24(22-29-23,28-8-4)20-26-18-16-14-12-10-6-2/h5-22H2,1-4H3. The minimum absolute atomic E-state index is 0.274. The molecule has 0 spiro atoms. The Labute approximate surface area is 185 Å². The van der Waals surface area contributed by atoms with Gasteiger partial charge in [-0.15, -0.1) is 0 Å². The van der Waals surface area contributed by atoms with Crippen molar-refractivity contribution in [3.63, 3.8) is 0 Å². The zero-order chi connectivity index (χ0) is 22.0. The average Bonchev–Trinajstić information content (AvgIpc) is 2.75. The molecule has 0 radical (unpaired) electrons. The molecule has 1 heterocycles. The highest BCUT2D eigenvalue weighted by Gasteiger charge is 2.47. The molecule has 1 aliphatic heterocycles.